The first kappa shape index (κ1) is 24.9. The summed E-state index contributed by atoms with van der Waals surface area (Å²) in [5.74, 6) is 2.11. The molecule has 0 saturated carbocycles. The van der Waals surface area contributed by atoms with Crippen LogP contribution in [0.15, 0.2) is 97.2 Å². The van der Waals surface area contributed by atoms with E-state index in [4.69, 9.17) is 4.98 Å². The quantitative estimate of drug-likeness (QED) is 0.213. The summed E-state index contributed by atoms with van der Waals surface area (Å²) in [4.78, 5) is 7.52. The van der Waals surface area contributed by atoms with E-state index in [-0.39, 0.29) is 0 Å². The van der Waals surface area contributed by atoms with E-state index in [0.717, 1.165) is 38.4 Å². The van der Waals surface area contributed by atoms with Crippen LogP contribution in [0.5, 0.6) is 0 Å². The van der Waals surface area contributed by atoms with Crippen LogP contribution in [0, 0.1) is 5.92 Å². The Bertz CT molecular complexity index is 1130. The van der Waals surface area contributed by atoms with Crippen LogP contribution in [0.3, 0.4) is 0 Å². The first-order chi connectivity index (χ1) is 17.2. The van der Waals surface area contributed by atoms with Crippen molar-refractivity contribution in [1.29, 1.82) is 0 Å². The van der Waals surface area contributed by atoms with Crippen LogP contribution in [0.1, 0.15) is 56.4 Å². The highest BCUT2D eigenvalue weighted by Crippen LogP contribution is 2.28. The van der Waals surface area contributed by atoms with Crippen molar-refractivity contribution >= 4 is 0 Å². The van der Waals surface area contributed by atoms with Crippen LogP contribution in [-0.2, 0) is 19.6 Å². The Morgan fingerprint density at radius 1 is 0.800 bits per heavy atom. The number of rotatable bonds is 12. The Kier molecular flexibility index (Phi) is 8.91. The van der Waals surface area contributed by atoms with Gasteiger partial charge in [-0.15, -0.1) is 0 Å². The predicted octanol–water partition coefficient (Wildman–Crippen LogP) is 7.79. The van der Waals surface area contributed by atoms with Gasteiger partial charge in [-0.2, -0.15) is 0 Å². The van der Waals surface area contributed by atoms with E-state index in [2.05, 4.69) is 127 Å². The van der Waals surface area contributed by atoms with Crippen molar-refractivity contribution in [1.82, 2.24) is 14.5 Å². The van der Waals surface area contributed by atoms with Gasteiger partial charge in [0.15, 0.2) is 0 Å². The number of aromatic nitrogens is 2. The lowest BCUT2D eigenvalue weighted by Crippen LogP contribution is -2.31. The zero-order chi connectivity index (χ0) is 24.5. The number of hydrogen-bond donors (Lipinski definition) is 0. The molecule has 1 heterocycles. The van der Waals surface area contributed by atoms with Crippen LogP contribution < -0.4 is 0 Å². The molecule has 0 aliphatic rings. The van der Waals surface area contributed by atoms with Gasteiger partial charge in [-0.25, -0.2) is 4.98 Å². The third-order valence-corrected chi connectivity index (χ3v) is 6.83. The summed E-state index contributed by atoms with van der Waals surface area (Å²) < 4.78 is 2.45. The monoisotopic (exact) mass is 465 g/mol. The van der Waals surface area contributed by atoms with Gasteiger partial charge >= 0.3 is 0 Å². The molecular formula is C32H39N3. The molecule has 0 amide bonds. The standard InChI is InChI=1S/C32H39N3/c1-4-5-21-35-30(22-33-32(35)29-19-13-8-14-20-29)24-34(23-27-15-9-6-10-16-27)25-31(26(2)3)28-17-11-7-12-18-28/h6-20,22,26,31H,4-5,21,23-25H2,1-3H3. The number of benzene rings is 3. The Morgan fingerprint density at radius 2 is 1.43 bits per heavy atom. The van der Waals surface area contributed by atoms with Gasteiger partial charge in [0.2, 0.25) is 0 Å². The molecule has 0 aliphatic carbocycles. The van der Waals surface area contributed by atoms with E-state index in [1.54, 1.807) is 0 Å². The Balaban J connectivity index is 1.65. The normalized spacial score (nSPS) is 12.4. The lowest BCUT2D eigenvalue weighted by atomic mass is 9.88. The fourth-order valence-corrected chi connectivity index (χ4v) is 4.86. The van der Waals surface area contributed by atoms with E-state index in [1.165, 1.54) is 28.8 Å². The van der Waals surface area contributed by atoms with Crippen LogP contribution in [-0.4, -0.2) is 21.0 Å². The van der Waals surface area contributed by atoms with Gasteiger partial charge in [-0.05, 0) is 29.4 Å². The van der Waals surface area contributed by atoms with Gasteiger partial charge in [0.05, 0.1) is 11.9 Å². The van der Waals surface area contributed by atoms with Gasteiger partial charge in [0.1, 0.15) is 5.82 Å². The van der Waals surface area contributed by atoms with Crippen molar-refractivity contribution in [3.05, 3.63) is 114 Å². The fraction of sp³-hybridized carbons (Fsp3) is 0.344. The molecule has 4 aromatic rings. The highest BCUT2D eigenvalue weighted by molar-refractivity contribution is 5.55. The van der Waals surface area contributed by atoms with Crippen molar-refractivity contribution in [2.24, 2.45) is 5.92 Å². The zero-order valence-electron chi connectivity index (χ0n) is 21.5. The predicted molar refractivity (Wildman–Crippen MR) is 147 cm³/mol. The maximum Gasteiger partial charge on any atom is 0.140 e. The van der Waals surface area contributed by atoms with Crippen LogP contribution >= 0.6 is 0 Å². The molecule has 0 N–H and O–H groups in total. The van der Waals surface area contributed by atoms with E-state index in [1.807, 2.05) is 0 Å². The summed E-state index contributed by atoms with van der Waals surface area (Å²) in [6.45, 7) is 10.8. The number of imidazole rings is 1. The molecule has 35 heavy (non-hydrogen) atoms. The largest absolute Gasteiger partial charge is 0.327 e. The summed E-state index contributed by atoms with van der Waals surface area (Å²) in [6, 6.07) is 32.5. The molecule has 1 unspecified atom stereocenters. The Hall–Kier alpha value is -3.17. The van der Waals surface area contributed by atoms with Gasteiger partial charge in [-0.1, -0.05) is 118 Å². The molecule has 3 heteroatoms. The molecule has 3 nitrogen and oxygen atoms in total. The molecule has 3 aromatic carbocycles. The van der Waals surface area contributed by atoms with Crippen molar-refractivity contribution in [2.75, 3.05) is 6.54 Å². The van der Waals surface area contributed by atoms with Gasteiger partial charge in [0, 0.05) is 31.7 Å². The number of nitrogens with zero attached hydrogens (tertiary/aromatic N) is 3. The molecule has 1 atom stereocenters. The van der Waals surface area contributed by atoms with Crippen molar-refractivity contribution in [3.8, 4) is 11.4 Å². The van der Waals surface area contributed by atoms with E-state index >= 15 is 0 Å². The summed E-state index contributed by atoms with van der Waals surface area (Å²) in [6.07, 6.45) is 4.42. The third kappa shape index (κ3) is 6.70. The minimum atomic E-state index is 0.473. The second-order valence-corrected chi connectivity index (χ2v) is 9.86. The van der Waals surface area contributed by atoms with Crippen LogP contribution in [0.25, 0.3) is 11.4 Å². The van der Waals surface area contributed by atoms with E-state index < -0.39 is 0 Å². The molecule has 1 aromatic heterocycles. The van der Waals surface area contributed by atoms with E-state index in [9.17, 15) is 0 Å². The first-order valence-electron chi connectivity index (χ1n) is 13.1. The second kappa shape index (κ2) is 12.5. The van der Waals surface area contributed by atoms with Crippen molar-refractivity contribution in [3.63, 3.8) is 0 Å². The minimum absolute atomic E-state index is 0.473. The molecule has 0 fully saturated rings. The van der Waals surface area contributed by atoms with E-state index in [0.29, 0.717) is 11.8 Å². The van der Waals surface area contributed by atoms with Crippen molar-refractivity contribution in [2.45, 2.75) is 59.2 Å². The summed E-state index contributed by atoms with van der Waals surface area (Å²) >= 11 is 0. The van der Waals surface area contributed by atoms with Crippen molar-refractivity contribution < 1.29 is 0 Å². The Morgan fingerprint density at radius 3 is 2.06 bits per heavy atom. The average Bonchev–Trinajstić information content (AvgIpc) is 3.29. The zero-order valence-corrected chi connectivity index (χ0v) is 21.5. The smallest absolute Gasteiger partial charge is 0.140 e. The van der Waals surface area contributed by atoms with Gasteiger partial charge in [0.25, 0.3) is 0 Å². The molecule has 0 bridgehead atoms. The molecule has 0 aliphatic heterocycles. The third-order valence-electron chi connectivity index (χ3n) is 6.83. The number of unbranched alkanes of at least 4 members (excludes halogenated alkanes) is 1. The molecule has 182 valence electrons. The summed E-state index contributed by atoms with van der Waals surface area (Å²) in [5.41, 5.74) is 5.26. The highest BCUT2D eigenvalue weighted by Gasteiger charge is 2.22. The SMILES string of the molecule is CCCCn1c(CN(Cc2ccccc2)CC(c2ccccc2)C(C)C)cnc1-c1ccccc1. The molecule has 0 spiro atoms. The number of hydrogen-bond acceptors (Lipinski definition) is 2. The molecule has 0 saturated heterocycles. The molecule has 4 rings (SSSR count). The first-order valence-corrected chi connectivity index (χ1v) is 13.1. The lowest BCUT2D eigenvalue weighted by Gasteiger charge is -2.30. The summed E-state index contributed by atoms with van der Waals surface area (Å²) in [7, 11) is 0. The second-order valence-electron chi connectivity index (χ2n) is 9.86. The maximum atomic E-state index is 4.91. The van der Waals surface area contributed by atoms with Crippen LogP contribution in [0.2, 0.25) is 0 Å². The van der Waals surface area contributed by atoms with Gasteiger partial charge in [-0.3, -0.25) is 4.90 Å². The minimum Gasteiger partial charge on any atom is -0.327 e. The molecular weight excluding hydrogens is 426 g/mol. The summed E-state index contributed by atoms with van der Waals surface area (Å²) in [5, 5.41) is 0. The topological polar surface area (TPSA) is 21.1 Å². The van der Waals surface area contributed by atoms with Gasteiger partial charge < -0.3 is 4.57 Å². The highest BCUT2D eigenvalue weighted by atomic mass is 15.2. The average molecular weight is 466 g/mol. The molecule has 0 radical (unpaired) electrons. The Labute approximate surface area is 211 Å². The maximum absolute atomic E-state index is 4.91. The fourth-order valence-electron chi connectivity index (χ4n) is 4.86. The lowest BCUT2D eigenvalue weighted by molar-refractivity contribution is 0.216. The van der Waals surface area contributed by atoms with Crippen LogP contribution in [0.4, 0.5) is 0 Å².